The number of nitriles is 1. The Balaban J connectivity index is 1.77. The minimum absolute atomic E-state index is 0.198. The van der Waals surface area contributed by atoms with E-state index in [1.807, 2.05) is 30.3 Å². The molecule has 1 aromatic carbocycles. The second-order valence-electron chi connectivity index (χ2n) is 7.86. The zero-order valence-electron chi connectivity index (χ0n) is 15.5. The molecule has 26 heavy (non-hydrogen) atoms. The molecule has 1 aliphatic carbocycles. The Morgan fingerprint density at radius 2 is 2.04 bits per heavy atom. The first kappa shape index (κ1) is 18.4. The van der Waals surface area contributed by atoms with Crippen LogP contribution in [0.1, 0.15) is 48.8 Å². The Morgan fingerprint density at radius 1 is 1.31 bits per heavy atom. The van der Waals surface area contributed by atoms with Crippen molar-refractivity contribution in [2.24, 2.45) is 11.3 Å². The van der Waals surface area contributed by atoms with Crippen molar-refractivity contribution in [3.8, 4) is 6.07 Å². The van der Waals surface area contributed by atoms with Gasteiger partial charge in [0.1, 0.15) is 11.1 Å². The summed E-state index contributed by atoms with van der Waals surface area (Å²) in [6, 6.07) is 12.0. The number of thiophene rings is 1. The predicted molar refractivity (Wildman–Crippen MR) is 108 cm³/mol. The summed E-state index contributed by atoms with van der Waals surface area (Å²) in [5.41, 5.74) is 3.02. The van der Waals surface area contributed by atoms with E-state index in [9.17, 15) is 10.1 Å². The van der Waals surface area contributed by atoms with Gasteiger partial charge in [0, 0.05) is 11.0 Å². The number of nitrogens with one attached hydrogen (secondary N) is 1. The molecule has 0 fully saturated rings. The molecule has 4 heteroatoms. The number of amides is 1. The van der Waals surface area contributed by atoms with Gasteiger partial charge in [-0.2, -0.15) is 5.26 Å². The van der Waals surface area contributed by atoms with Gasteiger partial charge in [0.25, 0.3) is 0 Å². The fraction of sp³-hybridized carbons (Fsp3) is 0.364. The van der Waals surface area contributed by atoms with Crippen molar-refractivity contribution >= 4 is 28.3 Å². The van der Waals surface area contributed by atoms with Crippen molar-refractivity contribution in [2.75, 3.05) is 5.32 Å². The third-order valence-corrected chi connectivity index (χ3v) is 6.24. The molecule has 0 spiro atoms. The lowest BCUT2D eigenvalue weighted by molar-refractivity contribution is -0.111. The molecule has 2 aromatic rings. The van der Waals surface area contributed by atoms with Gasteiger partial charge in [0.2, 0.25) is 5.91 Å². The van der Waals surface area contributed by atoms with E-state index in [0.717, 1.165) is 30.4 Å². The SMILES string of the molecule is CC(C)(C)C1CCc2c(sc(NC(=O)/C=C/c3ccccc3)c2C#N)C1. The molecule has 0 radical (unpaired) electrons. The lowest BCUT2D eigenvalue weighted by atomic mass is 9.72. The normalized spacial score (nSPS) is 16.9. The quantitative estimate of drug-likeness (QED) is 0.739. The number of fused-ring (bicyclic) bond motifs is 1. The van der Waals surface area contributed by atoms with Crippen LogP contribution in [0.4, 0.5) is 5.00 Å². The molecule has 1 N–H and O–H groups in total. The molecule has 0 aliphatic heterocycles. The van der Waals surface area contributed by atoms with Crippen LogP contribution in [-0.2, 0) is 17.6 Å². The Kier molecular flexibility index (Phi) is 5.29. The summed E-state index contributed by atoms with van der Waals surface area (Å²) < 4.78 is 0. The van der Waals surface area contributed by atoms with E-state index in [2.05, 4.69) is 32.2 Å². The van der Waals surface area contributed by atoms with Crippen LogP contribution < -0.4 is 5.32 Å². The van der Waals surface area contributed by atoms with Gasteiger partial charge < -0.3 is 5.32 Å². The van der Waals surface area contributed by atoms with Crippen molar-refractivity contribution < 1.29 is 4.79 Å². The predicted octanol–water partition coefficient (Wildman–Crippen LogP) is 5.42. The van der Waals surface area contributed by atoms with E-state index in [0.29, 0.717) is 16.5 Å². The van der Waals surface area contributed by atoms with Crippen molar-refractivity contribution in [3.63, 3.8) is 0 Å². The molecule has 1 heterocycles. The van der Waals surface area contributed by atoms with E-state index in [1.165, 1.54) is 11.0 Å². The van der Waals surface area contributed by atoms with Gasteiger partial charge in [-0.1, -0.05) is 51.1 Å². The van der Waals surface area contributed by atoms with Gasteiger partial charge in [-0.25, -0.2) is 0 Å². The van der Waals surface area contributed by atoms with E-state index in [1.54, 1.807) is 17.4 Å². The summed E-state index contributed by atoms with van der Waals surface area (Å²) >= 11 is 1.57. The largest absolute Gasteiger partial charge is 0.313 e. The number of hydrogen-bond donors (Lipinski definition) is 1. The van der Waals surface area contributed by atoms with E-state index < -0.39 is 0 Å². The molecule has 1 atom stereocenters. The number of carbonyl (C=O) groups excluding carboxylic acids is 1. The average molecular weight is 365 g/mol. The standard InChI is InChI=1S/C22H24N2OS/c1-22(2,3)16-10-11-17-18(14-23)21(26-19(17)13-16)24-20(25)12-9-15-7-5-4-6-8-15/h4-9,12,16H,10-11,13H2,1-3H3,(H,24,25)/b12-9+. The Morgan fingerprint density at radius 3 is 2.69 bits per heavy atom. The molecule has 0 bridgehead atoms. The maximum atomic E-state index is 12.3. The van der Waals surface area contributed by atoms with Crippen LogP contribution in [0.2, 0.25) is 0 Å². The van der Waals surface area contributed by atoms with Crippen molar-refractivity contribution in [3.05, 3.63) is 58.0 Å². The second kappa shape index (κ2) is 7.47. The van der Waals surface area contributed by atoms with Gasteiger partial charge in [-0.05, 0) is 47.8 Å². The summed E-state index contributed by atoms with van der Waals surface area (Å²) in [6.07, 6.45) is 6.32. The van der Waals surface area contributed by atoms with Crippen LogP contribution in [0.5, 0.6) is 0 Å². The molecular formula is C22H24N2OS. The number of hydrogen-bond acceptors (Lipinski definition) is 3. The molecule has 134 valence electrons. The Hall–Kier alpha value is -2.38. The number of benzene rings is 1. The van der Waals surface area contributed by atoms with Gasteiger partial charge in [0.05, 0.1) is 5.56 Å². The minimum atomic E-state index is -0.198. The first-order chi connectivity index (χ1) is 12.4. The van der Waals surface area contributed by atoms with Crippen LogP contribution >= 0.6 is 11.3 Å². The number of nitrogens with zero attached hydrogens (tertiary/aromatic N) is 1. The molecule has 3 rings (SSSR count). The molecule has 1 aliphatic rings. The van der Waals surface area contributed by atoms with E-state index in [-0.39, 0.29) is 11.3 Å². The highest BCUT2D eigenvalue weighted by Gasteiger charge is 2.32. The van der Waals surface area contributed by atoms with Crippen LogP contribution in [0.15, 0.2) is 36.4 Å². The number of carbonyl (C=O) groups is 1. The molecule has 1 amide bonds. The van der Waals surface area contributed by atoms with Crippen LogP contribution in [0.3, 0.4) is 0 Å². The van der Waals surface area contributed by atoms with Crippen LogP contribution in [0.25, 0.3) is 6.08 Å². The monoisotopic (exact) mass is 364 g/mol. The average Bonchev–Trinajstić information content (AvgIpc) is 2.96. The molecule has 1 unspecified atom stereocenters. The summed E-state index contributed by atoms with van der Waals surface area (Å²) in [7, 11) is 0. The third kappa shape index (κ3) is 4.05. The summed E-state index contributed by atoms with van der Waals surface area (Å²) in [6.45, 7) is 6.83. The number of anilines is 1. The lowest BCUT2D eigenvalue weighted by Gasteiger charge is -2.33. The maximum Gasteiger partial charge on any atom is 0.249 e. The fourth-order valence-electron chi connectivity index (χ4n) is 3.42. The van der Waals surface area contributed by atoms with Crippen LogP contribution in [-0.4, -0.2) is 5.91 Å². The zero-order valence-corrected chi connectivity index (χ0v) is 16.3. The topological polar surface area (TPSA) is 52.9 Å². The summed E-state index contributed by atoms with van der Waals surface area (Å²) in [5.74, 6) is 0.415. The number of rotatable bonds is 3. The highest BCUT2D eigenvalue weighted by atomic mass is 32.1. The van der Waals surface area contributed by atoms with Crippen molar-refractivity contribution in [2.45, 2.75) is 40.0 Å². The first-order valence-electron chi connectivity index (χ1n) is 8.97. The second-order valence-corrected chi connectivity index (χ2v) is 8.96. The van der Waals surface area contributed by atoms with E-state index >= 15 is 0 Å². The highest BCUT2D eigenvalue weighted by Crippen LogP contribution is 2.43. The Bertz CT molecular complexity index is 866. The summed E-state index contributed by atoms with van der Waals surface area (Å²) in [4.78, 5) is 13.5. The molecular weight excluding hydrogens is 340 g/mol. The van der Waals surface area contributed by atoms with Crippen LogP contribution in [0, 0.1) is 22.7 Å². The fourth-order valence-corrected chi connectivity index (χ4v) is 4.70. The first-order valence-corrected chi connectivity index (χ1v) is 9.79. The zero-order chi connectivity index (χ0) is 18.7. The van der Waals surface area contributed by atoms with E-state index in [4.69, 9.17) is 0 Å². The molecule has 0 saturated heterocycles. The maximum absolute atomic E-state index is 12.3. The third-order valence-electron chi connectivity index (χ3n) is 5.07. The summed E-state index contributed by atoms with van der Waals surface area (Å²) in [5, 5.41) is 13.2. The smallest absolute Gasteiger partial charge is 0.249 e. The van der Waals surface area contributed by atoms with Crippen molar-refractivity contribution in [1.29, 1.82) is 5.26 Å². The van der Waals surface area contributed by atoms with Crippen molar-refractivity contribution in [1.82, 2.24) is 0 Å². The minimum Gasteiger partial charge on any atom is -0.313 e. The molecule has 0 saturated carbocycles. The lowest BCUT2D eigenvalue weighted by Crippen LogP contribution is -2.26. The van der Waals surface area contributed by atoms with Gasteiger partial charge in [0.15, 0.2) is 0 Å². The molecule has 3 nitrogen and oxygen atoms in total. The molecule has 1 aromatic heterocycles. The Labute approximate surface area is 159 Å². The van der Waals surface area contributed by atoms with Gasteiger partial charge >= 0.3 is 0 Å². The van der Waals surface area contributed by atoms with Gasteiger partial charge in [-0.3, -0.25) is 4.79 Å². The highest BCUT2D eigenvalue weighted by molar-refractivity contribution is 7.16. The van der Waals surface area contributed by atoms with Gasteiger partial charge in [-0.15, -0.1) is 11.3 Å².